The molecule has 0 N–H and O–H groups in total. The van der Waals surface area contributed by atoms with Crippen LogP contribution in [0.1, 0.15) is 43.4 Å². The molecule has 0 atom stereocenters. The van der Waals surface area contributed by atoms with Gasteiger partial charge in [-0.2, -0.15) is 0 Å². The lowest BCUT2D eigenvalue weighted by Crippen LogP contribution is -2.41. The van der Waals surface area contributed by atoms with Crippen LogP contribution in [0.2, 0.25) is 0 Å². The third-order valence-corrected chi connectivity index (χ3v) is 4.82. The first-order valence-corrected chi connectivity index (χ1v) is 8.32. The molecule has 0 amide bonds. The van der Waals surface area contributed by atoms with E-state index in [0.29, 0.717) is 0 Å². The molecule has 2 nitrogen and oxygen atoms in total. The van der Waals surface area contributed by atoms with Gasteiger partial charge in [0.25, 0.3) is 0 Å². The molecule has 0 aromatic carbocycles. The summed E-state index contributed by atoms with van der Waals surface area (Å²) in [6, 6.07) is 5.30. The van der Waals surface area contributed by atoms with Crippen LogP contribution in [0.25, 0.3) is 0 Å². The van der Waals surface area contributed by atoms with E-state index in [1.165, 1.54) is 62.0 Å². The van der Waals surface area contributed by atoms with Crippen LogP contribution in [-0.4, -0.2) is 22.9 Å². The Balaban J connectivity index is 1.80. The zero-order valence-corrected chi connectivity index (χ0v) is 12.5. The Kier molecular flexibility index (Phi) is 3.88. The van der Waals surface area contributed by atoms with Crippen molar-refractivity contribution in [1.82, 2.24) is 4.98 Å². The van der Waals surface area contributed by atoms with Crippen molar-refractivity contribution in [2.75, 3.05) is 16.8 Å². The van der Waals surface area contributed by atoms with Crippen LogP contribution < -0.4 is 4.90 Å². The van der Waals surface area contributed by atoms with Crippen molar-refractivity contribution in [2.24, 2.45) is 0 Å². The normalized spacial score (nSPS) is 18.5. The van der Waals surface area contributed by atoms with Crippen molar-refractivity contribution in [2.45, 2.75) is 51.0 Å². The zero-order valence-electron chi connectivity index (χ0n) is 10.9. The third kappa shape index (κ3) is 2.42. The molecule has 2 aliphatic rings. The first-order chi connectivity index (χ1) is 8.88. The Morgan fingerprint density at radius 1 is 1.22 bits per heavy atom. The molecule has 1 saturated carbocycles. The number of nitrogens with zero attached hydrogens (tertiary/aromatic N) is 2. The van der Waals surface area contributed by atoms with Gasteiger partial charge < -0.3 is 4.90 Å². The number of alkyl halides is 1. The molecule has 2 aliphatic carbocycles. The second-order valence-electron chi connectivity index (χ2n) is 5.45. The summed E-state index contributed by atoms with van der Waals surface area (Å²) in [5.74, 6) is 1.22. The number of halogens is 1. The van der Waals surface area contributed by atoms with Gasteiger partial charge in [-0.25, -0.2) is 4.98 Å². The Labute approximate surface area is 118 Å². The highest BCUT2D eigenvalue weighted by molar-refractivity contribution is 9.09. The number of hydrogen-bond acceptors (Lipinski definition) is 2. The monoisotopic (exact) mass is 308 g/mol. The molecule has 0 spiro atoms. The van der Waals surface area contributed by atoms with Crippen LogP contribution in [0.4, 0.5) is 5.82 Å². The van der Waals surface area contributed by atoms with E-state index in [9.17, 15) is 0 Å². The molecule has 3 heteroatoms. The molecule has 1 aromatic rings. The Morgan fingerprint density at radius 3 is 2.83 bits per heavy atom. The maximum atomic E-state index is 4.92. The first-order valence-electron chi connectivity index (χ1n) is 7.20. The van der Waals surface area contributed by atoms with Crippen LogP contribution in [0.3, 0.4) is 0 Å². The lowest BCUT2D eigenvalue weighted by molar-refractivity contribution is 0.384. The zero-order chi connectivity index (χ0) is 12.4. The number of fused-ring (bicyclic) bond motifs is 1. The van der Waals surface area contributed by atoms with Crippen LogP contribution in [-0.2, 0) is 12.8 Å². The van der Waals surface area contributed by atoms with E-state index in [4.69, 9.17) is 4.98 Å². The SMILES string of the molecule is BrCCCN(c1ccc2c(n1)CCC2)C1CCC1. The minimum Gasteiger partial charge on any atom is -0.354 e. The number of hydrogen-bond donors (Lipinski definition) is 0. The van der Waals surface area contributed by atoms with E-state index in [1.54, 1.807) is 0 Å². The van der Waals surface area contributed by atoms with Gasteiger partial charge in [0.15, 0.2) is 0 Å². The van der Waals surface area contributed by atoms with E-state index in [0.717, 1.165) is 17.9 Å². The van der Waals surface area contributed by atoms with Gasteiger partial charge in [-0.15, -0.1) is 0 Å². The number of rotatable bonds is 5. The fourth-order valence-electron chi connectivity index (χ4n) is 2.98. The fourth-order valence-corrected chi connectivity index (χ4v) is 3.23. The molecule has 18 heavy (non-hydrogen) atoms. The lowest BCUT2D eigenvalue weighted by Gasteiger charge is -2.38. The maximum Gasteiger partial charge on any atom is 0.129 e. The van der Waals surface area contributed by atoms with E-state index in [1.807, 2.05) is 0 Å². The average Bonchev–Trinajstić information content (AvgIpc) is 2.78. The van der Waals surface area contributed by atoms with Gasteiger partial charge in [-0.05, 0) is 56.6 Å². The van der Waals surface area contributed by atoms with Crippen molar-refractivity contribution in [3.05, 3.63) is 23.4 Å². The molecule has 0 unspecified atom stereocenters. The van der Waals surface area contributed by atoms with Gasteiger partial charge in [-0.1, -0.05) is 22.0 Å². The van der Waals surface area contributed by atoms with Crippen molar-refractivity contribution in [3.8, 4) is 0 Å². The average molecular weight is 309 g/mol. The Hall–Kier alpha value is -0.570. The maximum absolute atomic E-state index is 4.92. The van der Waals surface area contributed by atoms with Crippen LogP contribution in [0.15, 0.2) is 12.1 Å². The smallest absolute Gasteiger partial charge is 0.129 e. The van der Waals surface area contributed by atoms with Gasteiger partial charge in [0.1, 0.15) is 5.82 Å². The molecular formula is C15H21BrN2. The topological polar surface area (TPSA) is 16.1 Å². The minimum absolute atomic E-state index is 0.746. The quantitative estimate of drug-likeness (QED) is 0.771. The molecular weight excluding hydrogens is 288 g/mol. The number of aryl methyl sites for hydroxylation is 2. The number of pyridine rings is 1. The predicted octanol–water partition coefficient (Wildman–Crippen LogP) is 3.71. The second kappa shape index (κ2) is 5.60. The molecule has 0 saturated heterocycles. The highest BCUT2D eigenvalue weighted by Gasteiger charge is 2.26. The van der Waals surface area contributed by atoms with E-state index in [2.05, 4.69) is 33.0 Å². The summed E-state index contributed by atoms with van der Waals surface area (Å²) in [6.07, 6.45) is 8.99. The number of anilines is 1. The Bertz CT molecular complexity index is 415. The van der Waals surface area contributed by atoms with Crippen molar-refractivity contribution in [1.29, 1.82) is 0 Å². The summed E-state index contributed by atoms with van der Waals surface area (Å²) < 4.78 is 0. The summed E-state index contributed by atoms with van der Waals surface area (Å²) in [5.41, 5.74) is 2.84. The van der Waals surface area contributed by atoms with Crippen LogP contribution in [0.5, 0.6) is 0 Å². The van der Waals surface area contributed by atoms with E-state index in [-0.39, 0.29) is 0 Å². The van der Waals surface area contributed by atoms with Crippen LogP contribution >= 0.6 is 15.9 Å². The molecule has 0 aliphatic heterocycles. The predicted molar refractivity (Wildman–Crippen MR) is 79.7 cm³/mol. The first kappa shape index (κ1) is 12.5. The van der Waals surface area contributed by atoms with E-state index < -0.39 is 0 Å². The highest BCUT2D eigenvalue weighted by atomic mass is 79.9. The van der Waals surface area contributed by atoms with Gasteiger partial charge in [0, 0.05) is 23.6 Å². The molecule has 0 radical (unpaired) electrons. The summed E-state index contributed by atoms with van der Waals surface area (Å²) in [4.78, 5) is 7.47. The van der Waals surface area contributed by atoms with E-state index >= 15 is 0 Å². The van der Waals surface area contributed by atoms with Gasteiger partial charge in [-0.3, -0.25) is 0 Å². The Morgan fingerprint density at radius 2 is 2.11 bits per heavy atom. The van der Waals surface area contributed by atoms with Crippen molar-refractivity contribution < 1.29 is 0 Å². The third-order valence-electron chi connectivity index (χ3n) is 4.26. The van der Waals surface area contributed by atoms with Gasteiger partial charge in [0.05, 0.1) is 0 Å². The number of aromatic nitrogens is 1. The summed E-state index contributed by atoms with van der Waals surface area (Å²) in [5, 5.41) is 1.08. The minimum atomic E-state index is 0.746. The summed E-state index contributed by atoms with van der Waals surface area (Å²) in [7, 11) is 0. The second-order valence-corrected chi connectivity index (χ2v) is 6.24. The molecule has 1 fully saturated rings. The highest BCUT2D eigenvalue weighted by Crippen LogP contribution is 2.30. The molecule has 1 aromatic heterocycles. The summed E-state index contributed by atoms with van der Waals surface area (Å²) >= 11 is 3.54. The van der Waals surface area contributed by atoms with Gasteiger partial charge in [0.2, 0.25) is 0 Å². The molecule has 3 rings (SSSR count). The van der Waals surface area contributed by atoms with Crippen molar-refractivity contribution >= 4 is 21.7 Å². The molecule has 98 valence electrons. The lowest BCUT2D eigenvalue weighted by atomic mass is 9.91. The van der Waals surface area contributed by atoms with Gasteiger partial charge >= 0.3 is 0 Å². The molecule has 1 heterocycles. The van der Waals surface area contributed by atoms with Crippen LogP contribution in [0, 0.1) is 0 Å². The largest absolute Gasteiger partial charge is 0.354 e. The molecule has 0 bridgehead atoms. The fraction of sp³-hybridized carbons (Fsp3) is 0.667. The van der Waals surface area contributed by atoms with Crippen molar-refractivity contribution in [3.63, 3.8) is 0 Å². The summed E-state index contributed by atoms with van der Waals surface area (Å²) in [6.45, 7) is 1.14. The standard InChI is InChI=1S/C15H21BrN2/c16-10-3-11-18(13-5-2-6-13)15-9-8-12-4-1-7-14(12)17-15/h8-9,13H,1-7,10-11H2.